The van der Waals surface area contributed by atoms with Crippen molar-refractivity contribution < 1.29 is 13.2 Å². The van der Waals surface area contributed by atoms with Crippen molar-refractivity contribution in [2.24, 2.45) is 0 Å². The van der Waals surface area contributed by atoms with Gasteiger partial charge in [0.05, 0.1) is 15.3 Å². The van der Waals surface area contributed by atoms with Crippen molar-refractivity contribution in [2.45, 2.75) is 13.1 Å². The molecular weight excluding hydrogens is 526 g/mol. The Morgan fingerprint density at radius 1 is 0.543 bits per heavy atom. The number of benzene rings is 2. The van der Waals surface area contributed by atoms with Crippen molar-refractivity contribution in [3.05, 3.63) is 83.9 Å². The number of rotatable bonds is 4. The number of alkyl halides is 3. The van der Waals surface area contributed by atoms with Gasteiger partial charge in [-0.25, -0.2) is 9.97 Å². The van der Waals surface area contributed by atoms with E-state index in [2.05, 4.69) is 43.3 Å². The highest BCUT2D eigenvalue weighted by Gasteiger charge is 2.30. The molecular formula is C26H15F3N2S4. The van der Waals surface area contributed by atoms with E-state index in [9.17, 15) is 13.2 Å². The standard InChI is InChI=1S/C26H15F3N2S4/c1-14-2-4-15(5-3-14)18-10-12-20(32-18)22-30-24-25(34-22)31-23(35-24)21-13-11-19(33-21)16-6-8-17(9-7-16)26(27,28)29/h2-13H,1H3. The van der Waals surface area contributed by atoms with E-state index in [0.29, 0.717) is 0 Å². The maximum absolute atomic E-state index is 12.8. The van der Waals surface area contributed by atoms with Gasteiger partial charge < -0.3 is 0 Å². The van der Waals surface area contributed by atoms with Crippen LogP contribution >= 0.6 is 45.3 Å². The van der Waals surface area contributed by atoms with Crippen LogP contribution in [0.15, 0.2) is 72.8 Å². The van der Waals surface area contributed by atoms with E-state index in [4.69, 9.17) is 9.97 Å². The molecule has 0 saturated carbocycles. The van der Waals surface area contributed by atoms with Gasteiger partial charge in [-0.2, -0.15) is 13.2 Å². The number of hydrogen-bond donors (Lipinski definition) is 0. The van der Waals surface area contributed by atoms with E-state index >= 15 is 0 Å². The first-order valence-corrected chi connectivity index (χ1v) is 13.8. The minimum Gasteiger partial charge on any atom is -0.222 e. The molecule has 0 aliphatic rings. The van der Waals surface area contributed by atoms with Crippen LogP contribution in [0.25, 0.3) is 50.3 Å². The van der Waals surface area contributed by atoms with Gasteiger partial charge >= 0.3 is 6.18 Å². The minimum absolute atomic E-state index is 0.642. The summed E-state index contributed by atoms with van der Waals surface area (Å²) in [6.07, 6.45) is -4.33. The van der Waals surface area contributed by atoms with E-state index in [1.807, 2.05) is 12.1 Å². The van der Waals surface area contributed by atoms with Crippen molar-refractivity contribution in [3.63, 3.8) is 0 Å². The summed E-state index contributed by atoms with van der Waals surface area (Å²) in [5.41, 5.74) is 2.56. The molecule has 2 nitrogen and oxygen atoms in total. The zero-order valence-electron chi connectivity index (χ0n) is 18.1. The summed E-state index contributed by atoms with van der Waals surface area (Å²) in [6, 6.07) is 21.9. The fraction of sp³-hybridized carbons (Fsp3) is 0.0769. The minimum atomic E-state index is -4.33. The van der Waals surface area contributed by atoms with Crippen LogP contribution in [-0.4, -0.2) is 9.97 Å². The molecule has 0 spiro atoms. The molecule has 174 valence electrons. The molecule has 0 fully saturated rings. The lowest BCUT2D eigenvalue weighted by molar-refractivity contribution is -0.137. The van der Waals surface area contributed by atoms with Gasteiger partial charge in [-0.3, -0.25) is 0 Å². The second-order valence-electron chi connectivity index (χ2n) is 7.92. The second-order valence-corrected chi connectivity index (χ2v) is 12.0. The number of thiophene rings is 2. The van der Waals surface area contributed by atoms with Crippen molar-refractivity contribution in [3.8, 4) is 40.7 Å². The normalized spacial score (nSPS) is 12.0. The van der Waals surface area contributed by atoms with Gasteiger partial charge in [-0.05, 0) is 54.4 Å². The second kappa shape index (κ2) is 8.67. The number of aryl methyl sites for hydroxylation is 1. The van der Waals surface area contributed by atoms with Crippen LogP contribution < -0.4 is 0 Å². The SMILES string of the molecule is Cc1ccc(-c2ccc(-c3nc4sc(-c5ccc(-c6ccc(C(F)(F)F)cc6)s5)nc4s3)s2)cc1. The molecule has 9 heteroatoms. The highest BCUT2D eigenvalue weighted by Crippen LogP contribution is 2.43. The van der Waals surface area contributed by atoms with Gasteiger partial charge in [0.15, 0.2) is 9.66 Å². The van der Waals surface area contributed by atoms with Crippen LogP contribution in [0.1, 0.15) is 11.1 Å². The molecule has 0 aliphatic heterocycles. The largest absolute Gasteiger partial charge is 0.416 e. The molecule has 6 rings (SSSR count). The maximum atomic E-state index is 12.8. The Bertz CT molecular complexity index is 1600. The van der Waals surface area contributed by atoms with Gasteiger partial charge in [-0.1, -0.05) is 64.6 Å². The molecule has 4 aromatic heterocycles. The Labute approximate surface area is 215 Å². The zero-order chi connectivity index (χ0) is 24.2. The van der Waals surface area contributed by atoms with Gasteiger partial charge in [0.2, 0.25) is 0 Å². The highest BCUT2D eigenvalue weighted by molar-refractivity contribution is 7.32. The Kier molecular flexibility index (Phi) is 5.60. The summed E-state index contributed by atoms with van der Waals surface area (Å²) >= 11 is 6.36. The van der Waals surface area contributed by atoms with Crippen molar-refractivity contribution in [1.29, 1.82) is 0 Å². The summed E-state index contributed by atoms with van der Waals surface area (Å²) in [7, 11) is 0. The Morgan fingerprint density at radius 3 is 1.43 bits per heavy atom. The number of hydrogen-bond acceptors (Lipinski definition) is 6. The molecule has 0 radical (unpaired) electrons. The molecule has 6 aromatic rings. The van der Waals surface area contributed by atoms with Gasteiger partial charge in [0, 0.05) is 9.75 Å². The average molecular weight is 541 g/mol. The topological polar surface area (TPSA) is 25.8 Å². The van der Waals surface area contributed by atoms with Crippen LogP contribution in [0.3, 0.4) is 0 Å². The monoisotopic (exact) mass is 540 g/mol. The number of fused-ring (bicyclic) bond motifs is 1. The highest BCUT2D eigenvalue weighted by atomic mass is 32.1. The van der Waals surface area contributed by atoms with Crippen molar-refractivity contribution in [2.75, 3.05) is 0 Å². The van der Waals surface area contributed by atoms with Crippen molar-refractivity contribution >= 4 is 55.0 Å². The summed E-state index contributed by atoms with van der Waals surface area (Å²) < 4.78 is 38.5. The Hall–Kier alpha value is -2.85. The van der Waals surface area contributed by atoms with E-state index in [0.717, 1.165) is 52.0 Å². The van der Waals surface area contributed by atoms with Crippen LogP contribution in [0, 0.1) is 6.92 Å². The van der Waals surface area contributed by atoms with Crippen LogP contribution in [0.4, 0.5) is 13.2 Å². The molecule has 0 saturated heterocycles. The molecule has 0 aliphatic carbocycles. The molecule has 0 bridgehead atoms. The quantitative estimate of drug-likeness (QED) is 0.222. The van der Waals surface area contributed by atoms with Crippen LogP contribution in [-0.2, 0) is 6.18 Å². The first-order valence-electron chi connectivity index (χ1n) is 10.6. The van der Waals surface area contributed by atoms with Gasteiger partial charge in [0.25, 0.3) is 0 Å². The van der Waals surface area contributed by atoms with Crippen molar-refractivity contribution in [1.82, 2.24) is 9.97 Å². The predicted molar refractivity (Wildman–Crippen MR) is 143 cm³/mol. The number of aromatic nitrogens is 2. The third-order valence-electron chi connectivity index (χ3n) is 5.44. The fourth-order valence-electron chi connectivity index (χ4n) is 3.61. The van der Waals surface area contributed by atoms with E-state index in [1.54, 1.807) is 22.7 Å². The Balaban J connectivity index is 1.24. The van der Waals surface area contributed by atoms with Crippen LogP contribution in [0.5, 0.6) is 0 Å². The number of thiazole rings is 2. The number of halogens is 3. The number of nitrogens with zero attached hydrogens (tertiary/aromatic N) is 2. The van der Waals surface area contributed by atoms with Gasteiger partial charge in [-0.15, -0.1) is 22.7 Å². The lowest BCUT2D eigenvalue weighted by atomic mass is 10.1. The zero-order valence-corrected chi connectivity index (χ0v) is 21.4. The molecule has 2 aromatic carbocycles. The maximum Gasteiger partial charge on any atom is 0.416 e. The van der Waals surface area contributed by atoms with E-state index in [1.165, 1.54) is 50.8 Å². The molecule has 0 amide bonds. The Morgan fingerprint density at radius 2 is 0.971 bits per heavy atom. The summed E-state index contributed by atoms with van der Waals surface area (Å²) in [4.78, 5) is 15.6. The molecule has 0 atom stereocenters. The smallest absolute Gasteiger partial charge is 0.222 e. The fourth-order valence-corrected chi connectivity index (χ4v) is 7.78. The van der Waals surface area contributed by atoms with E-state index < -0.39 is 11.7 Å². The molecule has 0 unspecified atom stereocenters. The lowest BCUT2D eigenvalue weighted by Gasteiger charge is -2.06. The molecule has 35 heavy (non-hydrogen) atoms. The summed E-state index contributed by atoms with van der Waals surface area (Å²) in [5.74, 6) is 0. The van der Waals surface area contributed by atoms with Crippen LogP contribution in [0.2, 0.25) is 0 Å². The average Bonchev–Trinajstić information content (AvgIpc) is 3.61. The predicted octanol–water partition coefficient (Wildman–Crippen LogP) is 9.87. The summed E-state index contributed by atoms with van der Waals surface area (Å²) in [6.45, 7) is 2.08. The third kappa shape index (κ3) is 4.45. The molecule has 4 heterocycles. The first-order chi connectivity index (χ1) is 16.8. The molecule has 0 N–H and O–H groups in total. The lowest BCUT2D eigenvalue weighted by Crippen LogP contribution is -2.03. The summed E-state index contributed by atoms with van der Waals surface area (Å²) in [5, 5.41) is 1.84. The van der Waals surface area contributed by atoms with Gasteiger partial charge in [0.1, 0.15) is 10.0 Å². The third-order valence-corrected chi connectivity index (χ3v) is 10.1. The first kappa shape index (κ1) is 22.6. The van der Waals surface area contributed by atoms with E-state index in [-0.39, 0.29) is 0 Å².